The third kappa shape index (κ3) is 10.0. The van der Waals surface area contributed by atoms with Crippen molar-refractivity contribution >= 4 is 35.8 Å². The number of halogens is 3. The van der Waals surface area contributed by atoms with Crippen molar-refractivity contribution in [2.24, 2.45) is 4.99 Å². The topological polar surface area (TPSA) is 74.8 Å². The molecule has 0 heterocycles. The first-order chi connectivity index (χ1) is 11.6. The van der Waals surface area contributed by atoms with E-state index in [0.29, 0.717) is 31.0 Å². The maximum atomic E-state index is 12.4. The second-order valence-corrected chi connectivity index (χ2v) is 4.94. The molecule has 0 aliphatic carbocycles. The summed E-state index contributed by atoms with van der Waals surface area (Å²) >= 11 is 0. The second kappa shape index (κ2) is 13.6. The molecule has 1 aromatic carbocycles. The lowest BCUT2D eigenvalue weighted by Crippen LogP contribution is -2.39. The van der Waals surface area contributed by atoms with E-state index >= 15 is 0 Å². The Morgan fingerprint density at radius 1 is 1.20 bits per heavy atom. The van der Waals surface area contributed by atoms with Gasteiger partial charge in [0.15, 0.2) is 5.96 Å². The second-order valence-electron chi connectivity index (χ2n) is 4.94. The first-order valence-electron chi connectivity index (χ1n) is 7.80. The number of aliphatic imine (C=N–C) groups is 1. The number of guanidine groups is 1. The monoisotopic (exact) mass is 470 g/mol. The van der Waals surface area contributed by atoms with Crippen LogP contribution in [-0.2, 0) is 11.3 Å². The molecule has 0 fully saturated rings. The van der Waals surface area contributed by atoms with Crippen LogP contribution in [0.5, 0.6) is 5.75 Å². The summed E-state index contributed by atoms with van der Waals surface area (Å²) in [5.74, 6) is 0.565. The quantitative estimate of drug-likeness (QED) is 0.295. The Hall–Kier alpha value is -1.65. The van der Waals surface area contributed by atoms with Crippen LogP contribution in [0.4, 0.5) is 8.78 Å². The predicted octanol–water partition coefficient (Wildman–Crippen LogP) is 2.49. The van der Waals surface area contributed by atoms with Gasteiger partial charge in [-0.1, -0.05) is 25.1 Å². The summed E-state index contributed by atoms with van der Waals surface area (Å²) in [4.78, 5) is 15.5. The number of hydrogen-bond acceptors (Lipinski definition) is 3. The molecular weight excluding hydrogens is 445 g/mol. The number of nitrogens with zero attached hydrogens (tertiary/aromatic N) is 1. The molecule has 0 radical (unpaired) electrons. The van der Waals surface area contributed by atoms with E-state index in [2.05, 4.69) is 25.7 Å². The number of rotatable bonds is 9. The number of nitrogens with one attached hydrogen (secondary N) is 3. The molecule has 0 saturated heterocycles. The Morgan fingerprint density at radius 3 is 2.56 bits per heavy atom. The van der Waals surface area contributed by atoms with Gasteiger partial charge in [-0.2, -0.15) is 8.78 Å². The van der Waals surface area contributed by atoms with Gasteiger partial charge in [0, 0.05) is 38.7 Å². The van der Waals surface area contributed by atoms with Gasteiger partial charge in [-0.3, -0.25) is 9.79 Å². The van der Waals surface area contributed by atoms with Crippen LogP contribution in [0.15, 0.2) is 29.3 Å². The van der Waals surface area contributed by atoms with E-state index in [1.165, 1.54) is 6.07 Å². The van der Waals surface area contributed by atoms with Crippen LogP contribution in [-0.4, -0.2) is 38.6 Å². The van der Waals surface area contributed by atoms with Crippen molar-refractivity contribution in [2.45, 2.75) is 32.9 Å². The number of para-hydroxylation sites is 1. The molecule has 3 N–H and O–H groups in total. The van der Waals surface area contributed by atoms with Gasteiger partial charge in [0.1, 0.15) is 5.75 Å². The third-order valence-electron chi connectivity index (χ3n) is 3.08. The molecule has 0 aromatic heterocycles. The van der Waals surface area contributed by atoms with Crippen molar-refractivity contribution in [3.05, 3.63) is 29.8 Å². The van der Waals surface area contributed by atoms with E-state index in [1.807, 2.05) is 6.92 Å². The lowest BCUT2D eigenvalue weighted by Gasteiger charge is -2.14. The number of amides is 1. The van der Waals surface area contributed by atoms with Gasteiger partial charge in [-0.05, 0) is 12.5 Å². The highest BCUT2D eigenvalue weighted by molar-refractivity contribution is 14.0. The van der Waals surface area contributed by atoms with E-state index in [9.17, 15) is 13.6 Å². The first kappa shape index (κ1) is 23.4. The van der Waals surface area contributed by atoms with E-state index in [0.717, 1.165) is 6.42 Å². The summed E-state index contributed by atoms with van der Waals surface area (Å²) in [7, 11) is 1.59. The molecule has 1 aromatic rings. The number of benzene rings is 1. The van der Waals surface area contributed by atoms with Gasteiger partial charge < -0.3 is 20.7 Å². The molecular formula is C16H25F2IN4O2. The zero-order valence-corrected chi connectivity index (χ0v) is 16.7. The van der Waals surface area contributed by atoms with Crippen LogP contribution >= 0.6 is 24.0 Å². The molecule has 0 spiro atoms. The highest BCUT2D eigenvalue weighted by Crippen LogP contribution is 2.19. The molecule has 25 heavy (non-hydrogen) atoms. The highest BCUT2D eigenvalue weighted by atomic mass is 127. The van der Waals surface area contributed by atoms with Gasteiger partial charge in [0.2, 0.25) is 5.91 Å². The Bertz CT molecular complexity index is 545. The molecule has 0 aliphatic rings. The fourth-order valence-corrected chi connectivity index (χ4v) is 1.91. The van der Waals surface area contributed by atoms with Gasteiger partial charge in [-0.15, -0.1) is 24.0 Å². The molecule has 0 bridgehead atoms. The third-order valence-corrected chi connectivity index (χ3v) is 3.08. The van der Waals surface area contributed by atoms with Crippen molar-refractivity contribution in [1.82, 2.24) is 16.0 Å². The Labute approximate surface area is 163 Å². The standard InChI is InChI=1S/C16H24F2N4O2.HI/c1-3-9-20-14(23)8-10-21-16(19-2)22-11-12-6-4-5-7-13(12)24-15(17)18;/h4-7,15H,3,8-11H2,1-2H3,(H,20,23)(H2,19,21,22);1H. The van der Waals surface area contributed by atoms with Gasteiger partial charge in [0.25, 0.3) is 0 Å². The fraction of sp³-hybridized carbons (Fsp3) is 0.500. The molecule has 0 atom stereocenters. The van der Waals surface area contributed by atoms with Crippen molar-refractivity contribution < 1.29 is 18.3 Å². The van der Waals surface area contributed by atoms with E-state index < -0.39 is 6.61 Å². The summed E-state index contributed by atoms with van der Waals surface area (Å²) < 4.78 is 29.2. The highest BCUT2D eigenvalue weighted by Gasteiger charge is 2.09. The fourth-order valence-electron chi connectivity index (χ4n) is 1.91. The van der Waals surface area contributed by atoms with Gasteiger partial charge in [-0.25, -0.2) is 0 Å². The summed E-state index contributed by atoms with van der Waals surface area (Å²) in [6, 6.07) is 6.54. The smallest absolute Gasteiger partial charge is 0.387 e. The molecule has 1 rings (SSSR count). The minimum atomic E-state index is -2.87. The largest absolute Gasteiger partial charge is 0.434 e. The Kier molecular flexibility index (Phi) is 12.7. The molecule has 0 saturated carbocycles. The van der Waals surface area contributed by atoms with E-state index in [-0.39, 0.29) is 42.2 Å². The lowest BCUT2D eigenvalue weighted by atomic mass is 10.2. The molecule has 6 nitrogen and oxygen atoms in total. The van der Waals surface area contributed by atoms with Crippen LogP contribution in [0.25, 0.3) is 0 Å². The summed E-state index contributed by atoms with van der Waals surface area (Å²) in [6.07, 6.45) is 1.22. The van der Waals surface area contributed by atoms with Crippen LogP contribution in [0.1, 0.15) is 25.3 Å². The molecule has 0 unspecified atom stereocenters. The van der Waals surface area contributed by atoms with Crippen LogP contribution < -0.4 is 20.7 Å². The molecule has 142 valence electrons. The zero-order chi connectivity index (χ0) is 17.8. The van der Waals surface area contributed by atoms with Crippen molar-refractivity contribution in [2.75, 3.05) is 20.1 Å². The summed E-state index contributed by atoms with van der Waals surface area (Å²) in [6.45, 7) is 0.465. The van der Waals surface area contributed by atoms with Crippen LogP contribution in [0.3, 0.4) is 0 Å². The van der Waals surface area contributed by atoms with E-state index in [1.54, 1.807) is 25.2 Å². The average molecular weight is 470 g/mol. The number of carbonyl (C=O) groups is 1. The molecule has 0 aliphatic heterocycles. The van der Waals surface area contributed by atoms with Gasteiger partial charge >= 0.3 is 6.61 Å². The van der Waals surface area contributed by atoms with E-state index in [4.69, 9.17) is 0 Å². The number of carbonyl (C=O) groups excluding carboxylic acids is 1. The maximum absolute atomic E-state index is 12.4. The SMILES string of the molecule is CCCNC(=O)CCNC(=NC)NCc1ccccc1OC(F)F.I. The number of ether oxygens (including phenoxy) is 1. The van der Waals surface area contributed by atoms with Crippen molar-refractivity contribution in [3.8, 4) is 5.75 Å². The minimum Gasteiger partial charge on any atom is -0.434 e. The maximum Gasteiger partial charge on any atom is 0.387 e. The number of hydrogen-bond donors (Lipinski definition) is 3. The minimum absolute atomic E-state index is 0. The summed E-state index contributed by atoms with van der Waals surface area (Å²) in [5.41, 5.74) is 0.585. The normalized spacial score (nSPS) is 10.8. The average Bonchev–Trinajstić information content (AvgIpc) is 2.56. The molecule has 9 heteroatoms. The summed E-state index contributed by atoms with van der Waals surface area (Å²) in [5, 5.41) is 8.78. The van der Waals surface area contributed by atoms with Crippen molar-refractivity contribution in [1.29, 1.82) is 0 Å². The van der Waals surface area contributed by atoms with Gasteiger partial charge in [0.05, 0.1) is 0 Å². The predicted molar refractivity (Wildman–Crippen MR) is 105 cm³/mol. The first-order valence-corrected chi connectivity index (χ1v) is 7.80. The zero-order valence-electron chi connectivity index (χ0n) is 14.4. The number of alkyl halides is 2. The lowest BCUT2D eigenvalue weighted by molar-refractivity contribution is -0.120. The molecule has 1 amide bonds. The Morgan fingerprint density at radius 2 is 1.92 bits per heavy atom. The van der Waals surface area contributed by atoms with Crippen LogP contribution in [0.2, 0.25) is 0 Å². The Balaban J connectivity index is 0.00000576. The van der Waals surface area contributed by atoms with Crippen LogP contribution in [0, 0.1) is 0 Å². The van der Waals surface area contributed by atoms with Crippen molar-refractivity contribution in [3.63, 3.8) is 0 Å².